The van der Waals surface area contributed by atoms with Crippen molar-refractivity contribution in [1.29, 1.82) is 0 Å². The Kier molecular flexibility index (Phi) is 6.36. The molecule has 2 heterocycles. The van der Waals surface area contributed by atoms with E-state index in [-0.39, 0.29) is 17.1 Å². The molecule has 1 aliphatic rings. The lowest BCUT2D eigenvalue weighted by Crippen LogP contribution is -2.43. The van der Waals surface area contributed by atoms with Crippen molar-refractivity contribution in [2.45, 2.75) is 0 Å². The largest absolute Gasteiger partial charge is 0.457 e. The van der Waals surface area contributed by atoms with E-state index in [1.165, 1.54) is 30.3 Å². The summed E-state index contributed by atoms with van der Waals surface area (Å²) in [5, 5.41) is 8.33. The van der Waals surface area contributed by atoms with Crippen molar-refractivity contribution in [3.8, 4) is 11.5 Å². The van der Waals surface area contributed by atoms with Crippen LogP contribution in [0.15, 0.2) is 66.9 Å². The maximum absolute atomic E-state index is 14.2. The van der Waals surface area contributed by atoms with Crippen molar-refractivity contribution in [3.05, 3.63) is 78.5 Å². The van der Waals surface area contributed by atoms with Gasteiger partial charge in [0.05, 0.1) is 17.2 Å². The standard InChI is InChI=1S/C25H22F2N6O2/c26-16-2-1-3-18(10-16)30-25(34)31-19-11-17(27)12-21(13-19)35-20-4-5-22-23(14-20)32-24(15-29-22)33-8-6-28-7-9-33/h1-5,10-15,28H,6-9H2,(H2,30,31,34). The molecule has 4 aromatic rings. The monoisotopic (exact) mass is 476 g/mol. The molecule has 1 aliphatic heterocycles. The predicted molar refractivity (Wildman–Crippen MR) is 130 cm³/mol. The molecule has 0 saturated carbocycles. The molecule has 0 spiro atoms. The summed E-state index contributed by atoms with van der Waals surface area (Å²) in [5.41, 5.74) is 1.82. The molecule has 3 N–H and O–H groups in total. The van der Waals surface area contributed by atoms with Gasteiger partial charge in [-0.15, -0.1) is 0 Å². The Morgan fingerprint density at radius 2 is 1.69 bits per heavy atom. The van der Waals surface area contributed by atoms with Gasteiger partial charge in [-0.2, -0.15) is 0 Å². The number of benzene rings is 3. The minimum absolute atomic E-state index is 0.176. The minimum Gasteiger partial charge on any atom is -0.457 e. The van der Waals surface area contributed by atoms with Gasteiger partial charge in [0.25, 0.3) is 0 Å². The number of hydrogen-bond donors (Lipinski definition) is 3. The van der Waals surface area contributed by atoms with E-state index in [2.05, 4.69) is 25.8 Å². The highest BCUT2D eigenvalue weighted by atomic mass is 19.1. The van der Waals surface area contributed by atoms with Crippen molar-refractivity contribution in [2.24, 2.45) is 0 Å². The molecule has 1 aromatic heterocycles. The molecule has 0 unspecified atom stereocenters. The SMILES string of the molecule is O=C(Nc1cccc(F)c1)Nc1cc(F)cc(Oc2ccc3ncc(N4CCNCC4)nc3c2)c1. The Bertz CT molecular complexity index is 1380. The van der Waals surface area contributed by atoms with Crippen molar-refractivity contribution in [1.82, 2.24) is 15.3 Å². The number of halogens is 2. The molecule has 0 radical (unpaired) electrons. The van der Waals surface area contributed by atoms with Gasteiger partial charge in [0, 0.05) is 55.8 Å². The normalized spacial score (nSPS) is 13.5. The third kappa shape index (κ3) is 5.61. The smallest absolute Gasteiger partial charge is 0.323 e. The number of fused-ring (bicyclic) bond motifs is 1. The van der Waals surface area contributed by atoms with E-state index in [9.17, 15) is 13.6 Å². The molecule has 3 aromatic carbocycles. The lowest BCUT2D eigenvalue weighted by molar-refractivity contribution is 0.262. The number of carbonyl (C=O) groups excluding carboxylic acids is 1. The van der Waals surface area contributed by atoms with E-state index in [0.717, 1.165) is 38.1 Å². The van der Waals surface area contributed by atoms with Crippen LogP contribution in [0.2, 0.25) is 0 Å². The van der Waals surface area contributed by atoms with Crippen LogP contribution in [0.1, 0.15) is 0 Å². The lowest BCUT2D eigenvalue weighted by Gasteiger charge is -2.28. The number of rotatable bonds is 5. The molecule has 5 rings (SSSR count). The highest BCUT2D eigenvalue weighted by Crippen LogP contribution is 2.28. The molecule has 8 nitrogen and oxygen atoms in total. The molecule has 0 bridgehead atoms. The Balaban J connectivity index is 1.31. The average Bonchev–Trinajstić information content (AvgIpc) is 2.84. The summed E-state index contributed by atoms with van der Waals surface area (Å²) in [7, 11) is 0. The molecular formula is C25H22F2N6O2. The third-order valence-electron chi connectivity index (χ3n) is 5.39. The van der Waals surface area contributed by atoms with Gasteiger partial charge in [0.2, 0.25) is 0 Å². The molecule has 0 atom stereocenters. The minimum atomic E-state index is -0.645. The van der Waals surface area contributed by atoms with E-state index in [1.807, 2.05) is 0 Å². The van der Waals surface area contributed by atoms with E-state index in [1.54, 1.807) is 30.5 Å². The Morgan fingerprint density at radius 1 is 0.886 bits per heavy atom. The number of nitrogens with zero attached hydrogens (tertiary/aromatic N) is 3. The van der Waals surface area contributed by atoms with E-state index in [0.29, 0.717) is 16.8 Å². The number of urea groups is 1. The van der Waals surface area contributed by atoms with E-state index in [4.69, 9.17) is 9.72 Å². The number of hydrogen-bond acceptors (Lipinski definition) is 6. The van der Waals surface area contributed by atoms with Gasteiger partial charge < -0.3 is 25.6 Å². The van der Waals surface area contributed by atoms with Crippen LogP contribution >= 0.6 is 0 Å². The number of piperazine rings is 1. The number of anilines is 3. The lowest BCUT2D eigenvalue weighted by atomic mass is 10.2. The highest BCUT2D eigenvalue weighted by Gasteiger charge is 2.13. The van der Waals surface area contributed by atoms with Crippen LogP contribution in [0.3, 0.4) is 0 Å². The van der Waals surface area contributed by atoms with Crippen molar-refractivity contribution >= 4 is 34.3 Å². The summed E-state index contributed by atoms with van der Waals surface area (Å²) in [5.74, 6) is 0.355. The average molecular weight is 476 g/mol. The summed E-state index contributed by atoms with van der Waals surface area (Å²) < 4.78 is 33.4. The molecule has 178 valence electrons. The van der Waals surface area contributed by atoms with Crippen LogP contribution in [0.5, 0.6) is 11.5 Å². The van der Waals surface area contributed by atoms with Crippen molar-refractivity contribution < 1.29 is 18.3 Å². The first-order valence-electron chi connectivity index (χ1n) is 11.1. The first-order valence-corrected chi connectivity index (χ1v) is 11.1. The van der Waals surface area contributed by atoms with Crippen molar-refractivity contribution in [2.75, 3.05) is 41.7 Å². The van der Waals surface area contributed by atoms with Crippen LogP contribution in [-0.4, -0.2) is 42.2 Å². The fourth-order valence-electron chi connectivity index (χ4n) is 3.78. The predicted octanol–water partition coefficient (Wildman–Crippen LogP) is 4.75. The van der Waals surface area contributed by atoms with Gasteiger partial charge in [-0.05, 0) is 36.4 Å². The zero-order chi connectivity index (χ0) is 24.2. The number of nitrogens with one attached hydrogen (secondary N) is 3. The second-order valence-corrected chi connectivity index (χ2v) is 7.98. The van der Waals surface area contributed by atoms with Crippen LogP contribution in [0, 0.1) is 11.6 Å². The summed E-state index contributed by atoms with van der Waals surface area (Å²) >= 11 is 0. The van der Waals surface area contributed by atoms with Gasteiger partial charge in [-0.1, -0.05) is 6.07 Å². The zero-order valence-electron chi connectivity index (χ0n) is 18.6. The van der Waals surface area contributed by atoms with Crippen LogP contribution < -0.4 is 25.6 Å². The second kappa shape index (κ2) is 9.90. The van der Waals surface area contributed by atoms with Gasteiger partial charge in [-0.3, -0.25) is 4.98 Å². The van der Waals surface area contributed by atoms with Crippen molar-refractivity contribution in [3.63, 3.8) is 0 Å². The molecule has 1 fully saturated rings. The Labute approximate surface area is 200 Å². The Hall–Kier alpha value is -4.31. The van der Waals surface area contributed by atoms with Gasteiger partial charge in [-0.25, -0.2) is 18.6 Å². The molecule has 0 aliphatic carbocycles. The molecular weight excluding hydrogens is 454 g/mol. The maximum atomic E-state index is 14.2. The topological polar surface area (TPSA) is 91.4 Å². The third-order valence-corrected chi connectivity index (χ3v) is 5.39. The first-order chi connectivity index (χ1) is 17.0. The fraction of sp³-hybridized carbons (Fsp3) is 0.160. The molecule has 35 heavy (non-hydrogen) atoms. The second-order valence-electron chi connectivity index (χ2n) is 7.98. The van der Waals surface area contributed by atoms with Crippen LogP contribution in [-0.2, 0) is 0 Å². The van der Waals surface area contributed by atoms with Gasteiger partial charge in [0.15, 0.2) is 0 Å². The number of ether oxygens (including phenoxy) is 1. The summed E-state index contributed by atoms with van der Waals surface area (Å²) in [6.45, 7) is 3.47. The molecule has 2 amide bonds. The summed E-state index contributed by atoms with van der Waals surface area (Å²) in [4.78, 5) is 23.6. The summed E-state index contributed by atoms with van der Waals surface area (Å²) in [6.07, 6.45) is 1.76. The molecule has 1 saturated heterocycles. The highest BCUT2D eigenvalue weighted by molar-refractivity contribution is 5.99. The first kappa shape index (κ1) is 22.5. The van der Waals surface area contributed by atoms with Gasteiger partial charge >= 0.3 is 6.03 Å². The van der Waals surface area contributed by atoms with E-state index >= 15 is 0 Å². The van der Waals surface area contributed by atoms with Gasteiger partial charge in [0.1, 0.15) is 29.0 Å². The maximum Gasteiger partial charge on any atom is 0.323 e. The number of amides is 2. The quantitative estimate of drug-likeness (QED) is 0.385. The number of carbonyl (C=O) groups is 1. The summed E-state index contributed by atoms with van der Waals surface area (Å²) in [6, 6.07) is 13.9. The fourth-order valence-corrected chi connectivity index (χ4v) is 3.78. The van der Waals surface area contributed by atoms with E-state index < -0.39 is 17.7 Å². The van der Waals surface area contributed by atoms with Crippen LogP contribution in [0.25, 0.3) is 11.0 Å². The zero-order valence-corrected chi connectivity index (χ0v) is 18.6. The number of aromatic nitrogens is 2. The molecule has 10 heteroatoms. The van der Waals surface area contributed by atoms with Crippen LogP contribution in [0.4, 0.5) is 30.8 Å². The Morgan fingerprint density at radius 3 is 2.51 bits per heavy atom.